The van der Waals surface area contributed by atoms with E-state index in [1.54, 1.807) is 0 Å². The molecule has 2 aromatic heterocycles. The van der Waals surface area contributed by atoms with Crippen molar-refractivity contribution < 1.29 is 9.31 Å². The Labute approximate surface area is 161 Å². The van der Waals surface area contributed by atoms with Gasteiger partial charge in [0.15, 0.2) is 0 Å². The molecule has 3 fully saturated rings. The Hall–Kier alpha value is -1.60. The molecule has 1 aliphatic heterocycles. The van der Waals surface area contributed by atoms with Gasteiger partial charge in [0.05, 0.1) is 29.1 Å². The van der Waals surface area contributed by atoms with E-state index in [1.165, 1.54) is 24.8 Å². The van der Waals surface area contributed by atoms with E-state index in [0.717, 1.165) is 17.6 Å². The van der Waals surface area contributed by atoms with Gasteiger partial charge in [-0.2, -0.15) is 10.2 Å². The van der Waals surface area contributed by atoms with E-state index < -0.39 is 0 Å². The van der Waals surface area contributed by atoms with Crippen molar-refractivity contribution in [2.75, 3.05) is 0 Å². The van der Waals surface area contributed by atoms with Crippen molar-refractivity contribution in [2.24, 2.45) is 7.05 Å². The van der Waals surface area contributed by atoms with Crippen LogP contribution in [0, 0.1) is 0 Å². The van der Waals surface area contributed by atoms with Crippen LogP contribution >= 0.6 is 0 Å². The maximum absolute atomic E-state index is 6.37. The molecule has 7 heteroatoms. The third kappa shape index (κ3) is 2.78. The van der Waals surface area contributed by atoms with Crippen molar-refractivity contribution >= 4 is 12.6 Å². The smallest absolute Gasteiger partial charge is 0.399 e. The Balaban J connectivity index is 1.47. The summed E-state index contributed by atoms with van der Waals surface area (Å²) in [6.45, 7) is 8.44. The summed E-state index contributed by atoms with van der Waals surface area (Å²) in [6.07, 6.45) is 11.2. The van der Waals surface area contributed by atoms with Crippen molar-refractivity contribution in [3.8, 4) is 0 Å². The average Bonchev–Trinajstić information content (AvgIpc) is 2.89. The highest BCUT2D eigenvalue weighted by atomic mass is 16.7. The van der Waals surface area contributed by atoms with E-state index in [1.807, 2.05) is 17.9 Å². The van der Waals surface area contributed by atoms with E-state index in [4.69, 9.17) is 14.4 Å². The summed E-state index contributed by atoms with van der Waals surface area (Å²) in [6, 6.07) is 0.538. The molecule has 3 heterocycles. The van der Waals surface area contributed by atoms with Gasteiger partial charge >= 0.3 is 7.12 Å². The first-order valence-corrected chi connectivity index (χ1v) is 10.2. The molecule has 0 bridgehead atoms. The average molecular weight is 368 g/mol. The van der Waals surface area contributed by atoms with Crippen LogP contribution in [-0.2, 0) is 16.4 Å². The minimum absolute atomic E-state index is 0.334. The SMILES string of the molecule is Cn1cc(C2CC2c2nn(C3CCC3)cc2B2OC(C)(C)C(C)(C)O2)cn1. The lowest BCUT2D eigenvalue weighted by Crippen LogP contribution is -2.41. The van der Waals surface area contributed by atoms with Gasteiger partial charge in [-0.25, -0.2) is 0 Å². The second-order valence-corrected chi connectivity index (χ2v) is 9.52. The van der Waals surface area contributed by atoms with Crippen molar-refractivity contribution in [3.63, 3.8) is 0 Å². The third-order valence-electron chi connectivity index (χ3n) is 7.04. The molecule has 6 nitrogen and oxygen atoms in total. The van der Waals surface area contributed by atoms with E-state index in [2.05, 4.69) is 49.9 Å². The molecule has 3 aliphatic rings. The molecule has 2 aliphatic carbocycles. The van der Waals surface area contributed by atoms with Gasteiger partial charge in [-0.05, 0) is 64.9 Å². The molecular formula is C20H29BN4O2. The molecule has 0 spiro atoms. The van der Waals surface area contributed by atoms with Gasteiger partial charge in [0.1, 0.15) is 0 Å². The number of aryl methyl sites for hydroxylation is 1. The molecule has 1 saturated heterocycles. The fraction of sp³-hybridized carbons (Fsp3) is 0.700. The molecule has 0 radical (unpaired) electrons. The molecule has 2 saturated carbocycles. The first-order chi connectivity index (χ1) is 12.7. The second kappa shape index (κ2) is 5.71. The van der Waals surface area contributed by atoms with Gasteiger partial charge in [0, 0.05) is 30.8 Å². The summed E-state index contributed by atoms with van der Waals surface area (Å²) < 4.78 is 16.8. The van der Waals surface area contributed by atoms with Crippen molar-refractivity contribution in [2.45, 2.75) is 82.5 Å². The number of aromatic nitrogens is 4. The Morgan fingerprint density at radius 3 is 2.33 bits per heavy atom. The van der Waals surface area contributed by atoms with Crippen LogP contribution in [0.4, 0.5) is 0 Å². The lowest BCUT2D eigenvalue weighted by Gasteiger charge is -2.32. The molecule has 2 unspecified atom stereocenters. The lowest BCUT2D eigenvalue weighted by molar-refractivity contribution is 0.00578. The van der Waals surface area contributed by atoms with Crippen molar-refractivity contribution in [1.82, 2.24) is 19.6 Å². The van der Waals surface area contributed by atoms with Crippen LogP contribution in [0.5, 0.6) is 0 Å². The van der Waals surface area contributed by atoms with Gasteiger partial charge in [-0.3, -0.25) is 9.36 Å². The van der Waals surface area contributed by atoms with E-state index >= 15 is 0 Å². The maximum Gasteiger partial charge on any atom is 0.498 e. The number of nitrogens with zero attached hydrogens (tertiary/aromatic N) is 4. The standard InChI is InChI=1S/C20H29BN4O2/c1-19(2)20(3,4)27-21(26-19)17-12-25(14-7-6-8-14)23-18(17)16-9-15(16)13-10-22-24(5)11-13/h10-12,14-16H,6-9H2,1-5H3. The largest absolute Gasteiger partial charge is 0.498 e. The lowest BCUT2D eigenvalue weighted by atomic mass is 9.78. The topological polar surface area (TPSA) is 54.1 Å². The van der Waals surface area contributed by atoms with Gasteiger partial charge < -0.3 is 9.31 Å². The molecule has 5 rings (SSSR count). The minimum Gasteiger partial charge on any atom is -0.399 e. The Kier molecular flexibility index (Phi) is 3.70. The Morgan fingerprint density at radius 1 is 1.07 bits per heavy atom. The Morgan fingerprint density at radius 2 is 1.78 bits per heavy atom. The number of hydrogen-bond donors (Lipinski definition) is 0. The van der Waals surface area contributed by atoms with Crippen LogP contribution in [-0.4, -0.2) is 37.9 Å². The molecule has 0 N–H and O–H groups in total. The van der Waals surface area contributed by atoms with E-state index in [9.17, 15) is 0 Å². The summed E-state index contributed by atoms with van der Waals surface area (Å²) in [5.41, 5.74) is 2.92. The summed E-state index contributed by atoms with van der Waals surface area (Å²) in [4.78, 5) is 0. The van der Waals surface area contributed by atoms with Crippen LogP contribution < -0.4 is 5.46 Å². The van der Waals surface area contributed by atoms with E-state index in [-0.39, 0.29) is 18.3 Å². The van der Waals surface area contributed by atoms with Crippen LogP contribution in [0.2, 0.25) is 0 Å². The minimum atomic E-state index is -0.339. The number of hydrogen-bond acceptors (Lipinski definition) is 4. The second-order valence-electron chi connectivity index (χ2n) is 9.52. The fourth-order valence-corrected chi connectivity index (χ4v) is 4.20. The van der Waals surface area contributed by atoms with Crippen LogP contribution in [0.1, 0.15) is 82.5 Å². The van der Waals surface area contributed by atoms with Crippen molar-refractivity contribution in [3.05, 3.63) is 29.8 Å². The fourth-order valence-electron chi connectivity index (χ4n) is 4.20. The molecule has 0 amide bonds. The first-order valence-electron chi connectivity index (χ1n) is 10.2. The summed E-state index contributed by atoms with van der Waals surface area (Å²) in [5, 5.41) is 9.39. The molecule has 2 aromatic rings. The highest BCUT2D eigenvalue weighted by Gasteiger charge is 2.54. The van der Waals surface area contributed by atoms with Gasteiger partial charge in [-0.15, -0.1) is 0 Å². The zero-order valence-electron chi connectivity index (χ0n) is 17.0. The number of rotatable bonds is 4. The monoisotopic (exact) mass is 368 g/mol. The zero-order valence-corrected chi connectivity index (χ0v) is 17.0. The molecule has 27 heavy (non-hydrogen) atoms. The first kappa shape index (κ1) is 17.5. The zero-order chi connectivity index (χ0) is 19.0. The molecule has 144 valence electrons. The van der Waals surface area contributed by atoms with Crippen LogP contribution in [0.25, 0.3) is 0 Å². The molecular weight excluding hydrogens is 339 g/mol. The highest BCUT2D eigenvalue weighted by molar-refractivity contribution is 6.62. The summed E-state index contributed by atoms with van der Waals surface area (Å²) in [5.74, 6) is 0.939. The molecule has 0 aromatic carbocycles. The predicted molar refractivity (Wildman–Crippen MR) is 104 cm³/mol. The maximum atomic E-state index is 6.37. The predicted octanol–water partition coefficient (Wildman–Crippen LogP) is 2.91. The third-order valence-corrected chi connectivity index (χ3v) is 7.04. The van der Waals surface area contributed by atoms with Gasteiger partial charge in [0.2, 0.25) is 0 Å². The summed E-state index contributed by atoms with van der Waals surface area (Å²) in [7, 11) is 1.64. The molecule has 2 atom stereocenters. The van der Waals surface area contributed by atoms with Gasteiger partial charge in [0.25, 0.3) is 0 Å². The van der Waals surface area contributed by atoms with Gasteiger partial charge in [-0.1, -0.05) is 0 Å². The summed E-state index contributed by atoms with van der Waals surface area (Å²) >= 11 is 0. The van der Waals surface area contributed by atoms with Crippen molar-refractivity contribution in [1.29, 1.82) is 0 Å². The Bertz CT molecular complexity index is 851. The van der Waals surface area contributed by atoms with Crippen LogP contribution in [0.3, 0.4) is 0 Å². The van der Waals surface area contributed by atoms with Crippen LogP contribution in [0.15, 0.2) is 18.6 Å². The van der Waals surface area contributed by atoms with E-state index in [0.29, 0.717) is 17.9 Å². The normalized spacial score (nSPS) is 29.1. The highest BCUT2D eigenvalue weighted by Crippen LogP contribution is 2.54. The quantitative estimate of drug-likeness (QED) is 0.779.